The number of rotatable bonds is 9. The number of carbonyl (C=O) groups is 1. The second kappa shape index (κ2) is 8.74. The van der Waals surface area contributed by atoms with Crippen molar-refractivity contribution >= 4 is 5.91 Å². The Morgan fingerprint density at radius 3 is 2.65 bits per heavy atom. The molecular weight excluding hydrogens is 254 g/mol. The summed E-state index contributed by atoms with van der Waals surface area (Å²) in [5.41, 5.74) is 1.60. The Bertz CT molecular complexity index is 413. The van der Waals surface area contributed by atoms with Gasteiger partial charge in [0.05, 0.1) is 5.69 Å². The molecule has 0 unspecified atom stereocenters. The molecule has 1 aromatic rings. The van der Waals surface area contributed by atoms with Crippen molar-refractivity contribution < 1.29 is 9.90 Å². The van der Waals surface area contributed by atoms with E-state index in [1.54, 1.807) is 4.68 Å². The minimum atomic E-state index is -0.0478. The van der Waals surface area contributed by atoms with Crippen LogP contribution in [-0.2, 0) is 6.54 Å². The number of aliphatic hydroxyl groups excluding tert-OH is 1. The van der Waals surface area contributed by atoms with Crippen LogP contribution in [0.15, 0.2) is 6.07 Å². The number of aryl methyl sites for hydroxylation is 1. The van der Waals surface area contributed by atoms with Crippen molar-refractivity contribution in [3.05, 3.63) is 17.5 Å². The highest BCUT2D eigenvalue weighted by Crippen LogP contribution is 2.14. The van der Waals surface area contributed by atoms with Gasteiger partial charge in [-0.2, -0.15) is 5.10 Å². The van der Waals surface area contributed by atoms with Crippen molar-refractivity contribution in [2.24, 2.45) is 0 Å². The van der Waals surface area contributed by atoms with E-state index in [1.165, 1.54) is 0 Å². The number of nitrogens with zero attached hydrogens (tertiary/aromatic N) is 2. The summed E-state index contributed by atoms with van der Waals surface area (Å²) in [6.07, 6.45) is 3.83. The number of amides is 1. The van der Waals surface area contributed by atoms with Crippen LogP contribution in [0.25, 0.3) is 0 Å². The summed E-state index contributed by atoms with van der Waals surface area (Å²) in [4.78, 5) is 12.1. The van der Waals surface area contributed by atoms with Crippen molar-refractivity contribution in [3.63, 3.8) is 0 Å². The van der Waals surface area contributed by atoms with E-state index in [4.69, 9.17) is 5.11 Å². The summed E-state index contributed by atoms with van der Waals surface area (Å²) in [6.45, 7) is 7.77. The van der Waals surface area contributed by atoms with Gasteiger partial charge in [-0.15, -0.1) is 0 Å². The first-order valence-corrected chi connectivity index (χ1v) is 7.57. The van der Waals surface area contributed by atoms with Crippen molar-refractivity contribution in [1.82, 2.24) is 15.1 Å². The summed E-state index contributed by atoms with van der Waals surface area (Å²) in [5.74, 6) is 0.279. The van der Waals surface area contributed by atoms with Gasteiger partial charge in [-0.25, -0.2) is 0 Å². The standard InChI is InChI=1S/C15H27N3O2/c1-4-18-14(11-13(17-18)12(2)3)15(20)16-9-7-5-6-8-10-19/h11-12,19H,4-10H2,1-3H3,(H,16,20). The number of hydrogen-bond donors (Lipinski definition) is 2. The Balaban J connectivity index is 2.46. The molecule has 1 rings (SSSR count). The Kier molecular flexibility index (Phi) is 7.30. The van der Waals surface area contributed by atoms with E-state index in [2.05, 4.69) is 24.3 Å². The predicted octanol–water partition coefficient (Wildman–Crippen LogP) is 2.31. The number of aliphatic hydroxyl groups is 1. The van der Waals surface area contributed by atoms with Crippen molar-refractivity contribution in [1.29, 1.82) is 0 Å². The highest BCUT2D eigenvalue weighted by molar-refractivity contribution is 5.92. The van der Waals surface area contributed by atoms with Crippen LogP contribution >= 0.6 is 0 Å². The third-order valence-electron chi connectivity index (χ3n) is 3.29. The molecule has 1 amide bonds. The van der Waals surface area contributed by atoms with Crippen LogP contribution in [0, 0.1) is 0 Å². The molecule has 0 aliphatic carbocycles. The Hall–Kier alpha value is -1.36. The molecule has 2 N–H and O–H groups in total. The van der Waals surface area contributed by atoms with Crippen molar-refractivity contribution in [2.75, 3.05) is 13.2 Å². The van der Waals surface area contributed by atoms with Gasteiger partial charge < -0.3 is 10.4 Å². The zero-order chi connectivity index (χ0) is 15.0. The summed E-state index contributed by atoms with van der Waals surface area (Å²) in [7, 11) is 0. The Labute approximate surface area is 121 Å². The van der Waals surface area contributed by atoms with Crippen LogP contribution in [0.5, 0.6) is 0 Å². The highest BCUT2D eigenvalue weighted by atomic mass is 16.2. The number of nitrogens with one attached hydrogen (secondary N) is 1. The maximum absolute atomic E-state index is 12.1. The second-order valence-corrected chi connectivity index (χ2v) is 5.32. The molecule has 0 fully saturated rings. The molecule has 0 aromatic carbocycles. The minimum Gasteiger partial charge on any atom is -0.396 e. The molecule has 1 aromatic heterocycles. The third kappa shape index (κ3) is 4.96. The molecule has 20 heavy (non-hydrogen) atoms. The largest absolute Gasteiger partial charge is 0.396 e. The van der Waals surface area contributed by atoms with Crippen LogP contribution in [0.2, 0.25) is 0 Å². The van der Waals surface area contributed by atoms with E-state index in [-0.39, 0.29) is 12.5 Å². The lowest BCUT2D eigenvalue weighted by Crippen LogP contribution is -2.27. The smallest absolute Gasteiger partial charge is 0.269 e. The van der Waals surface area contributed by atoms with E-state index in [1.807, 2.05) is 13.0 Å². The summed E-state index contributed by atoms with van der Waals surface area (Å²) >= 11 is 0. The minimum absolute atomic E-state index is 0.0478. The van der Waals surface area contributed by atoms with E-state index >= 15 is 0 Å². The second-order valence-electron chi connectivity index (χ2n) is 5.32. The molecule has 5 heteroatoms. The number of hydrogen-bond acceptors (Lipinski definition) is 3. The average Bonchev–Trinajstić information content (AvgIpc) is 2.87. The Morgan fingerprint density at radius 1 is 1.35 bits per heavy atom. The quantitative estimate of drug-likeness (QED) is 0.683. The van der Waals surface area contributed by atoms with Crippen LogP contribution in [0.3, 0.4) is 0 Å². The molecule has 0 saturated heterocycles. The predicted molar refractivity (Wildman–Crippen MR) is 79.9 cm³/mol. The maximum atomic E-state index is 12.1. The van der Waals surface area contributed by atoms with Gasteiger partial charge in [0, 0.05) is 19.7 Å². The highest BCUT2D eigenvalue weighted by Gasteiger charge is 2.15. The number of unbranched alkanes of at least 4 members (excludes halogenated alkanes) is 3. The van der Waals surface area contributed by atoms with E-state index in [0.29, 0.717) is 24.7 Å². The molecule has 0 bridgehead atoms. The zero-order valence-electron chi connectivity index (χ0n) is 12.9. The molecular formula is C15H27N3O2. The molecule has 1 heterocycles. The SMILES string of the molecule is CCn1nc(C(C)C)cc1C(=O)NCCCCCCO. The molecule has 114 valence electrons. The lowest BCUT2D eigenvalue weighted by molar-refractivity contribution is 0.0942. The monoisotopic (exact) mass is 281 g/mol. The van der Waals surface area contributed by atoms with Gasteiger partial charge in [0.25, 0.3) is 5.91 Å². The molecule has 0 saturated carbocycles. The lowest BCUT2D eigenvalue weighted by atomic mass is 10.1. The first-order valence-electron chi connectivity index (χ1n) is 7.57. The normalized spacial score (nSPS) is 11.1. The van der Waals surface area contributed by atoms with E-state index in [9.17, 15) is 4.79 Å². The first-order chi connectivity index (χ1) is 9.60. The molecule has 0 atom stereocenters. The summed E-state index contributed by atoms with van der Waals surface area (Å²) < 4.78 is 1.76. The van der Waals surface area contributed by atoms with Gasteiger partial charge >= 0.3 is 0 Å². The van der Waals surface area contributed by atoms with Gasteiger partial charge in [0.1, 0.15) is 5.69 Å². The van der Waals surface area contributed by atoms with E-state index in [0.717, 1.165) is 31.4 Å². The van der Waals surface area contributed by atoms with Gasteiger partial charge in [-0.3, -0.25) is 9.48 Å². The third-order valence-corrected chi connectivity index (χ3v) is 3.29. The topological polar surface area (TPSA) is 67.2 Å². The fourth-order valence-electron chi connectivity index (χ4n) is 2.03. The van der Waals surface area contributed by atoms with Crippen LogP contribution in [0.4, 0.5) is 0 Å². The first kappa shape index (κ1) is 16.7. The zero-order valence-corrected chi connectivity index (χ0v) is 12.9. The molecule has 0 spiro atoms. The molecule has 0 aliphatic heterocycles. The van der Waals surface area contributed by atoms with Crippen LogP contribution in [0.1, 0.15) is 68.6 Å². The van der Waals surface area contributed by atoms with Crippen LogP contribution in [-0.4, -0.2) is 33.9 Å². The van der Waals surface area contributed by atoms with Gasteiger partial charge in [-0.1, -0.05) is 26.7 Å². The molecule has 0 radical (unpaired) electrons. The van der Waals surface area contributed by atoms with Gasteiger partial charge in [0.2, 0.25) is 0 Å². The lowest BCUT2D eigenvalue weighted by Gasteiger charge is -2.06. The fourth-order valence-corrected chi connectivity index (χ4v) is 2.03. The molecule has 5 nitrogen and oxygen atoms in total. The summed E-state index contributed by atoms with van der Waals surface area (Å²) in [6, 6.07) is 1.88. The average molecular weight is 281 g/mol. The van der Waals surface area contributed by atoms with Crippen LogP contribution < -0.4 is 5.32 Å². The number of carbonyl (C=O) groups excluding carboxylic acids is 1. The Morgan fingerprint density at radius 2 is 2.05 bits per heavy atom. The van der Waals surface area contributed by atoms with E-state index < -0.39 is 0 Å². The summed E-state index contributed by atoms with van der Waals surface area (Å²) in [5, 5.41) is 16.1. The van der Waals surface area contributed by atoms with Crippen molar-refractivity contribution in [3.8, 4) is 0 Å². The van der Waals surface area contributed by atoms with Gasteiger partial charge in [-0.05, 0) is 31.7 Å². The fraction of sp³-hybridized carbons (Fsp3) is 0.733. The van der Waals surface area contributed by atoms with Gasteiger partial charge in [0.15, 0.2) is 0 Å². The molecule has 0 aliphatic rings. The van der Waals surface area contributed by atoms with Crippen molar-refractivity contribution in [2.45, 2.75) is 58.9 Å². The maximum Gasteiger partial charge on any atom is 0.269 e. The number of aromatic nitrogens is 2.